The van der Waals surface area contributed by atoms with Gasteiger partial charge in [-0.15, -0.1) is 0 Å². The minimum absolute atomic E-state index is 0.00133. The molecule has 1 saturated heterocycles. The molecule has 0 radical (unpaired) electrons. The molecule has 3 rings (SSSR count). The normalized spacial score (nSPS) is 23.0. The summed E-state index contributed by atoms with van der Waals surface area (Å²) < 4.78 is 12.2. The molecule has 0 spiro atoms. The Bertz CT molecular complexity index is 614. The fourth-order valence-electron chi connectivity index (χ4n) is 2.83. The van der Waals surface area contributed by atoms with Crippen molar-refractivity contribution in [2.75, 3.05) is 19.0 Å². The van der Waals surface area contributed by atoms with Gasteiger partial charge in [0.25, 0.3) is 0 Å². The fourth-order valence-corrected chi connectivity index (χ4v) is 2.83. The van der Waals surface area contributed by atoms with Gasteiger partial charge in [0, 0.05) is 26.3 Å². The summed E-state index contributed by atoms with van der Waals surface area (Å²) in [5.41, 5.74) is 2.27. The topological polar surface area (TPSA) is 42.0 Å². The van der Waals surface area contributed by atoms with Crippen molar-refractivity contribution in [2.45, 2.75) is 45.4 Å². The molecular formula is C16H23BN2O3. The summed E-state index contributed by atoms with van der Waals surface area (Å²) >= 11 is 0. The summed E-state index contributed by atoms with van der Waals surface area (Å²) in [4.78, 5) is 15.5. The number of urea groups is 1. The first-order valence-electron chi connectivity index (χ1n) is 7.60. The number of hydrogen-bond acceptors (Lipinski definition) is 3. The predicted molar refractivity (Wildman–Crippen MR) is 87.4 cm³/mol. The van der Waals surface area contributed by atoms with E-state index in [0.717, 1.165) is 16.7 Å². The number of amides is 2. The van der Waals surface area contributed by atoms with E-state index in [9.17, 15) is 4.79 Å². The van der Waals surface area contributed by atoms with Gasteiger partial charge in [0.15, 0.2) is 0 Å². The van der Waals surface area contributed by atoms with Crippen LogP contribution in [0, 0.1) is 0 Å². The molecule has 5 nitrogen and oxygen atoms in total. The van der Waals surface area contributed by atoms with Gasteiger partial charge >= 0.3 is 13.1 Å². The van der Waals surface area contributed by atoms with Crippen molar-refractivity contribution in [3.05, 3.63) is 23.8 Å². The molecule has 118 valence electrons. The number of hydrogen-bond donors (Lipinski definition) is 0. The van der Waals surface area contributed by atoms with E-state index in [2.05, 4.69) is 6.07 Å². The Hall–Kier alpha value is -1.53. The molecule has 0 saturated carbocycles. The lowest BCUT2D eigenvalue weighted by molar-refractivity contribution is 0.00578. The molecule has 6 heteroatoms. The number of carbonyl (C=O) groups is 1. The van der Waals surface area contributed by atoms with E-state index in [-0.39, 0.29) is 17.2 Å². The molecule has 0 bridgehead atoms. The van der Waals surface area contributed by atoms with Crippen LogP contribution in [-0.4, -0.2) is 43.3 Å². The Balaban J connectivity index is 1.94. The third kappa shape index (κ3) is 2.21. The minimum atomic E-state index is -0.404. The minimum Gasteiger partial charge on any atom is -0.399 e. The summed E-state index contributed by atoms with van der Waals surface area (Å²) in [5, 5.41) is 0. The van der Waals surface area contributed by atoms with Crippen LogP contribution in [0.1, 0.15) is 33.3 Å². The van der Waals surface area contributed by atoms with Gasteiger partial charge in [-0.25, -0.2) is 4.79 Å². The van der Waals surface area contributed by atoms with Crippen molar-refractivity contribution in [2.24, 2.45) is 0 Å². The first-order valence-corrected chi connectivity index (χ1v) is 7.60. The second-order valence-electron chi connectivity index (χ2n) is 7.17. The second kappa shape index (κ2) is 4.73. The molecule has 0 unspecified atom stereocenters. The molecule has 0 atom stereocenters. The van der Waals surface area contributed by atoms with Gasteiger partial charge in [0.2, 0.25) is 0 Å². The number of carbonyl (C=O) groups excluding carboxylic acids is 1. The monoisotopic (exact) mass is 302 g/mol. The molecule has 1 aromatic carbocycles. The lowest BCUT2D eigenvalue weighted by Crippen LogP contribution is -2.44. The van der Waals surface area contributed by atoms with Crippen LogP contribution in [0.3, 0.4) is 0 Å². The number of fused-ring (bicyclic) bond motifs is 1. The highest BCUT2D eigenvalue weighted by Crippen LogP contribution is 2.37. The summed E-state index contributed by atoms with van der Waals surface area (Å²) in [6, 6.07) is 6.08. The van der Waals surface area contributed by atoms with Crippen LogP contribution in [0.5, 0.6) is 0 Å². The molecule has 2 aliphatic rings. The van der Waals surface area contributed by atoms with Gasteiger partial charge in [-0.3, -0.25) is 4.90 Å². The molecule has 2 heterocycles. The van der Waals surface area contributed by atoms with Gasteiger partial charge < -0.3 is 14.2 Å². The largest absolute Gasteiger partial charge is 0.494 e. The Morgan fingerprint density at radius 1 is 1.09 bits per heavy atom. The van der Waals surface area contributed by atoms with Crippen LogP contribution in [0.15, 0.2) is 18.2 Å². The first kappa shape index (κ1) is 15.4. The highest BCUT2D eigenvalue weighted by Gasteiger charge is 2.51. The molecule has 1 aromatic rings. The number of rotatable bonds is 1. The average molecular weight is 302 g/mol. The van der Waals surface area contributed by atoms with Crippen LogP contribution in [0.25, 0.3) is 0 Å². The van der Waals surface area contributed by atoms with Crippen LogP contribution < -0.4 is 10.4 Å². The van der Waals surface area contributed by atoms with Crippen molar-refractivity contribution in [1.29, 1.82) is 0 Å². The van der Waals surface area contributed by atoms with Gasteiger partial charge in [-0.2, -0.15) is 0 Å². The fraction of sp³-hybridized carbons (Fsp3) is 0.562. The van der Waals surface area contributed by atoms with E-state index in [1.165, 1.54) is 0 Å². The van der Waals surface area contributed by atoms with Crippen molar-refractivity contribution in [3.8, 4) is 0 Å². The van der Waals surface area contributed by atoms with Crippen molar-refractivity contribution in [3.63, 3.8) is 0 Å². The molecule has 0 N–H and O–H groups in total. The smallest absolute Gasteiger partial charge is 0.399 e. The number of anilines is 1. The van der Waals surface area contributed by atoms with Gasteiger partial charge in [0.1, 0.15) is 0 Å². The number of nitrogens with zero attached hydrogens (tertiary/aromatic N) is 2. The van der Waals surface area contributed by atoms with Crippen molar-refractivity contribution >= 4 is 24.3 Å². The highest BCUT2D eigenvalue weighted by molar-refractivity contribution is 6.62. The Kier molecular flexibility index (Phi) is 3.31. The van der Waals surface area contributed by atoms with Crippen molar-refractivity contribution in [1.82, 2.24) is 4.90 Å². The van der Waals surface area contributed by atoms with E-state index in [0.29, 0.717) is 6.54 Å². The zero-order chi connectivity index (χ0) is 16.3. The average Bonchev–Trinajstić information content (AvgIpc) is 2.65. The van der Waals surface area contributed by atoms with E-state index in [4.69, 9.17) is 9.31 Å². The quantitative estimate of drug-likeness (QED) is 0.745. The van der Waals surface area contributed by atoms with Crippen molar-refractivity contribution < 1.29 is 14.1 Å². The van der Waals surface area contributed by atoms with Gasteiger partial charge in [-0.1, -0.05) is 12.1 Å². The molecule has 2 amide bonds. The molecule has 2 aliphatic heterocycles. The first-order chi connectivity index (χ1) is 10.1. The van der Waals surface area contributed by atoms with Crippen LogP contribution in [0.4, 0.5) is 10.5 Å². The van der Waals surface area contributed by atoms with Crippen LogP contribution in [-0.2, 0) is 15.9 Å². The maximum Gasteiger partial charge on any atom is 0.494 e. The molecule has 1 fully saturated rings. The number of benzene rings is 1. The lowest BCUT2D eigenvalue weighted by atomic mass is 9.78. The highest BCUT2D eigenvalue weighted by atomic mass is 16.7. The molecule has 0 aliphatic carbocycles. The van der Waals surface area contributed by atoms with E-state index in [1.807, 2.05) is 46.9 Å². The second-order valence-corrected chi connectivity index (χ2v) is 7.17. The van der Waals surface area contributed by atoms with Gasteiger partial charge in [0.05, 0.1) is 11.2 Å². The zero-order valence-corrected chi connectivity index (χ0v) is 14.1. The third-order valence-electron chi connectivity index (χ3n) is 5.02. The van der Waals surface area contributed by atoms with Gasteiger partial charge in [-0.05, 0) is 44.8 Å². The summed E-state index contributed by atoms with van der Waals surface area (Å²) in [6.07, 6.45) is 0. The Morgan fingerprint density at radius 3 is 2.27 bits per heavy atom. The SMILES string of the molecule is CN1Cc2ccc(B3OC(C)(C)C(C)(C)O3)cc2N(C)C1=O. The van der Waals surface area contributed by atoms with E-state index < -0.39 is 7.12 Å². The maximum atomic E-state index is 12.1. The predicted octanol–water partition coefficient (Wildman–Crippen LogP) is 1.99. The van der Waals surface area contributed by atoms with Crippen LogP contribution in [0.2, 0.25) is 0 Å². The standard InChI is InChI=1S/C16H23BN2O3/c1-15(2)16(3,4)22-17(21-15)12-8-7-11-10-18(5)14(20)19(6)13(11)9-12/h7-9H,10H2,1-6H3. The summed E-state index contributed by atoms with van der Waals surface area (Å²) in [7, 11) is 3.20. The Labute approximate surface area is 132 Å². The van der Waals surface area contributed by atoms with Crippen LogP contribution >= 0.6 is 0 Å². The molecule has 22 heavy (non-hydrogen) atoms. The molecule has 0 aromatic heterocycles. The lowest BCUT2D eigenvalue weighted by Gasteiger charge is -2.33. The Morgan fingerprint density at radius 2 is 1.68 bits per heavy atom. The van der Waals surface area contributed by atoms with E-state index in [1.54, 1.807) is 16.8 Å². The molecular weight excluding hydrogens is 279 g/mol. The summed E-state index contributed by atoms with van der Waals surface area (Å²) in [5.74, 6) is 0. The van der Waals surface area contributed by atoms with E-state index >= 15 is 0 Å². The summed E-state index contributed by atoms with van der Waals surface area (Å²) in [6.45, 7) is 8.78. The maximum absolute atomic E-state index is 12.1. The zero-order valence-electron chi connectivity index (χ0n) is 14.1. The third-order valence-corrected chi connectivity index (χ3v) is 5.02.